The summed E-state index contributed by atoms with van der Waals surface area (Å²) in [7, 11) is 0. The molecule has 0 saturated heterocycles. The highest BCUT2D eigenvalue weighted by Gasteiger charge is 2.06. The number of ether oxygens (including phenoxy) is 1. The van der Waals surface area contributed by atoms with E-state index in [2.05, 4.69) is 31.3 Å². The standard InChI is InChI=1S/C16H22N2O/c1-3-9-17-16-14(12-19-10-4-2)11-13-7-5-6-8-15(13)18-16/h5-8,11H,3-4,9-10,12H2,1-2H3,(H,17,18). The van der Waals surface area contributed by atoms with Crippen LogP contribution in [0.25, 0.3) is 10.9 Å². The minimum Gasteiger partial charge on any atom is -0.377 e. The van der Waals surface area contributed by atoms with Gasteiger partial charge in [-0.2, -0.15) is 0 Å². The van der Waals surface area contributed by atoms with E-state index < -0.39 is 0 Å². The third-order valence-corrected chi connectivity index (χ3v) is 2.95. The van der Waals surface area contributed by atoms with Gasteiger partial charge >= 0.3 is 0 Å². The number of hydrogen-bond donors (Lipinski definition) is 1. The average molecular weight is 258 g/mol. The fourth-order valence-electron chi connectivity index (χ4n) is 1.99. The minimum atomic E-state index is 0.623. The number of anilines is 1. The molecule has 1 aromatic heterocycles. The molecule has 0 aliphatic rings. The van der Waals surface area contributed by atoms with Crippen molar-refractivity contribution in [3.05, 3.63) is 35.9 Å². The highest BCUT2D eigenvalue weighted by molar-refractivity contribution is 5.81. The van der Waals surface area contributed by atoms with Gasteiger partial charge in [0.05, 0.1) is 12.1 Å². The molecule has 0 unspecified atom stereocenters. The van der Waals surface area contributed by atoms with Crippen LogP contribution in [0.4, 0.5) is 5.82 Å². The first-order valence-corrected chi connectivity index (χ1v) is 7.05. The zero-order valence-corrected chi connectivity index (χ0v) is 11.8. The molecule has 1 heterocycles. The summed E-state index contributed by atoms with van der Waals surface area (Å²) in [5.74, 6) is 0.955. The molecule has 1 aromatic carbocycles. The third kappa shape index (κ3) is 3.67. The van der Waals surface area contributed by atoms with Crippen molar-refractivity contribution < 1.29 is 4.74 Å². The van der Waals surface area contributed by atoms with E-state index in [-0.39, 0.29) is 0 Å². The molecule has 0 radical (unpaired) electrons. The van der Waals surface area contributed by atoms with Crippen LogP contribution in [0.1, 0.15) is 32.3 Å². The lowest BCUT2D eigenvalue weighted by Gasteiger charge is -2.12. The quantitative estimate of drug-likeness (QED) is 0.763. The van der Waals surface area contributed by atoms with E-state index in [9.17, 15) is 0 Å². The second-order valence-electron chi connectivity index (χ2n) is 4.67. The van der Waals surface area contributed by atoms with Crippen LogP contribution in [0.15, 0.2) is 30.3 Å². The van der Waals surface area contributed by atoms with E-state index in [4.69, 9.17) is 9.72 Å². The van der Waals surface area contributed by atoms with Crippen molar-refractivity contribution in [3.8, 4) is 0 Å². The first kappa shape index (κ1) is 13.8. The Bertz CT molecular complexity index is 525. The smallest absolute Gasteiger partial charge is 0.132 e. The zero-order chi connectivity index (χ0) is 13.5. The van der Waals surface area contributed by atoms with Crippen LogP contribution in [-0.4, -0.2) is 18.1 Å². The Morgan fingerprint density at radius 3 is 2.79 bits per heavy atom. The van der Waals surface area contributed by atoms with E-state index in [1.165, 1.54) is 5.39 Å². The van der Waals surface area contributed by atoms with E-state index >= 15 is 0 Å². The van der Waals surface area contributed by atoms with Gasteiger partial charge in [0.1, 0.15) is 5.82 Å². The maximum atomic E-state index is 5.66. The Morgan fingerprint density at radius 1 is 1.16 bits per heavy atom. The number of pyridine rings is 1. The molecule has 0 fully saturated rings. The highest BCUT2D eigenvalue weighted by Crippen LogP contribution is 2.21. The van der Waals surface area contributed by atoms with Crippen molar-refractivity contribution >= 4 is 16.7 Å². The normalized spacial score (nSPS) is 10.8. The van der Waals surface area contributed by atoms with Crippen LogP contribution in [0.2, 0.25) is 0 Å². The van der Waals surface area contributed by atoms with Crippen LogP contribution >= 0.6 is 0 Å². The van der Waals surface area contributed by atoms with Gasteiger partial charge in [-0.05, 0) is 25.0 Å². The summed E-state index contributed by atoms with van der Waals surface area (Å²) in [6, 6.07) is 10.4. The lowest BCUT2D eigenvalue weighted by atomic mass is 10.1. The van der Waals surface area contributed by atoms with Crippen molar-refractivity contribution in [2.75, 3.05) is 18.5 Å². The van der Waals surface area contributed by atoms with Crippen molar-refractivity contribution in [3.63, 3.8) is 0 Å². The van der Waals surface area contributed by atoms with Crippen molar-refractivity contribution in [2.24, 2.45) is 0 Å². The third-order valence-electron chi connectivity index (χ3n) is 2.95. The molecule has 0 saturated carbocycles. The summed E-state index contributed by atoms with van der Waals surface area (Å²) in [4.78, 5) is 4.70. The molecule has 0 aliphatic heterocycles. The second-order valence-corrected chi connectivity index (χ2v) is 4.67. The molecule has 0 bridgehead atoms. The summed E-state index contributed by atoms with van der Waals surface area (Å²) in [6.45, 7) is 6.63. The number of nitrogens with zero attached hydrogens (tertiary/aromatic N) is 1. The molecule has 3 nitrogen and oxygen atoms in total. The predicted octanol–water partition coefficient (Wildman–Crippen LogP) is 3.98. The number of hydrogen-bond acceptors (Lipinski definition) is 3. The number of nitrogens with one attached hydrogen (secondary N) is 1. The van der Waals surface area contributed by atoms with E-state index in [1.807, 2.05) is 18.2 Å². The van der Waals surface area contributed by atoms with E-state index in [0.717, 1.165) is 42.9 Å². The molecule has 0 spiro atoms. The second kappa shape index (κ2) is 7.10. The Morgan fingerprint density at radius 2 is 2.00 bits per heavy atom. The number of aromatic nitrogens is 1. The van der Waals surface area contributed by atoms with Gasteiger partial charge < -0.3 is 10.1 Å². The monoisotopic (exact) mass is 258 g/mol. The van der Waals surface area contributed by atoms with Crippen LogP contribution in [0.5, 0.6) is 0 Å². The Kier molecular flexibility index (Phi) is 5.16. The van der Waals surface area contributed by atoms with Crippen LogP contribution in [0, 0.1) is 0 Å². The number of rotatable bonds is 7. The molecule has 0 amide bonds. The highest BCUT2D eigenvalue weighted by atomic mass is 16.5. The molecule has 1 N–H and O–H groups in total. The summed E-state index contributed by atoms with van der Waals surface area (Å²) >= 11 is 0. The summed E-state index contributed by atoms with van der Waals surface area (Å²) in [5, 5.41) is 4.56. The van der Waals surface area contributed by atoms with Crippen LogP contribution < -0.4 is 5.32 Å². The maximum absolute atomic E-state index is 5.66. The summed E-state index contributed by atoms with van der Waals surface area (Å²) in [5.41, 5.74) is 2.17. The molecule has 19 heavy (non-hydrogen) atoms. The fraction of sp³-hybridized carbons (Fsp3) is 0.438. The number of fused-ring (bicyclic) bond motifs is 1. The van der Waals surface area contributed by atoms with Crippen LogP contribution in [-0.2, 0) is 11.3 Å². The Balaban J connectivity index is 2.27. The van der Waals surface area contributed by atoms with Gasteiger partial charge in [-0.3, -0.25) is 0 Å². The molecule has 2 aromatic rings. The Labute approximate surface area is 115 Å². The van der Waals surface area contributed by atoms with Crippen LogP contribution in [0.3, 0.4) is 0 Å². The van der Waals surface area contributed by atoms with Crippen molar-refractivity contribution in [1.82, 2.24) is 4.98 Å². The van der Waals surface area contributed by atoms with Gasteiger partial charge in [0, 0.05) is 24.1 Å². The van der Waals surface area contributed by atoms with Gasteiger partial charge in [0.15, 0.2) is 0 Å². The van der Waals surface area contributed by atoms with Gasteiger partial charge in [-0.15, -0.1) is 0 Å². The molecular weight excluding hydrogens is 236 g/mol. The fourth-order valence-corrected chi connectivity index (χ4v) is 1.99. The number of para-hydroxylation sites is 1. The van der Waals surface area contributed by atoms with E-state index in [0.29, 0.717) is 6.61 Å². The van der Waals surface area contributed by atoms with Gasteiger partial charge in [0.2, 0.25) is 0 Å². The molecule has 2 rings (SSSR count). The van der Waals surface area contributed by atoms with Gasteiger partial charge in [-0.25, -0.2) is 4.98 Å². The van der Waals surface area contributed by atoms with Crippen molar-refractivity contribution in [2.45, 2.75) is 33.3 Å². The zero-order valence-electron chi connectivity index (χ0n) is 11.8. The first-order valence-electron chi connectivity index (χ1n) is 7.05. The summed E-state index contributed by atoms with van der Waals surface area (Å²) in [6.07, 6.45) is 2.13. The maximum Gasteiger partial charge on any atom is 0.132 e. The predicted molar refractivity (Wildman–Crippen MR) is 80.5 cm³/mol. The van der Waals surface area contributed by atoms with Gasteiger partial charge in [-0.1, -0.05) is 32.0 Å². The minimum absolute atomic E-state index is 0.623. The SMILES string of the molecule is CCCNc1nc2ccccc2cc1COCCC. The lowest BCUT2D eigenvalue weighted by Crippen LogP contribution is -2.07. The average Bonchev–Trinajstić information content (AvgIpc) is 2.45. The topological polar surface area (TPSA) is 34.2 Å². The largest absolute Gasteiger partial charge is 0.377 e. The molecular formula is C16H22N2O. The number of benzene rings is 1. The molecule has 102 valence electrons. The molecule has 3 heteroatoms. The van der Waals surface area contributed by atoms with Crippen molar-refractivity contribution in [1.29, 1.82) is 0 Å². The molecule has 0 atom stereocenters. The summed E-state index contributed by atoms with van der Waals surface area (Å²) < 4.78 is 5.66. The first-order chi connectivity index (χ1) is 9.35. The van der Waals surface area contributed by atoms with E-state index in [1.54, 1.807) is 0 Å². The van der Waals surface area contributed by atoms with Gasteiger partial charge in [0.25, 0.3) is 0 Å². The Hall–Kier alpha value is -1.61. The lowest BCUT2D eigenvalue weighted by molar-refractivity contribution is 0.122. The molecule has 0 aliphatic carbocycles.